The molecule has 1 spiro atoms. The molecule has 2 aromatic rings. The monoisotopic (exact) mass is 465 g/mol. The Kier molecular flexibility index (Phi) is 5.24. The number of hydrogen-bond donors (Lipinski definition) is 3. The molecule has 4 amide bonds. The molecule has 0 bridgehead atoms. The number of nitrogens with two attached hydrogens (primary N) is 2. The molecule has 2 fully saturated rings. The molecular weight excluding hydrogens is 439 g/mol. The lowest BCUT2D eigenvalue weighted by Crippen LogP contribution is -2.99. The van der Waals surface area contributed by atoms with Crippen LogP contribution < -0.4 is 21.3 Å². The van der Waals surface area contributed by atoms with Gasteiger partial charge in [0.05, 0.1) is 17.8 Å². The Morgan fingerprint density at radius 1 is 1.15 bits per heavy atom. The lowest BCUT2D eigenvalue weighted by Gasteiger charge is -2.26. The topological polar surface area (TPSA) is 126 Å². The van der Waals surface area contributed by atoms with Gasteiger partial charge in [-0.1, -0.05) is 25.5 Å². The van der Waals surface area contributed by atoms with Crippen molar-refractivity contribution in [2.75, 3.05) is 10.2 Å². The van der Waals surface area contributed by atoms with Gasteiger partial charge in [-0.25, -0.2) is 9.29 Å². The summed E-state index contributed by atoms with van der Waals surface area (Å²) < 4.78 is 14.2. The first-order chi connectivity index (χ1) is 16.3. The second kappa shape index (κ2) is 8.02. The fraction of sp³-hybridized carbons (Fsp3) is 0.360. The highest BCUT2D eigenvalue weighted by atomic mass is 19.1. The van der Waals surface area contributed by atoms with Gasteiger partial charge < -0.3 is 16.4 Å². The van der Waals surface area contributed by atoms with Crippen molar-refractivity contribution in [1.29, 1.82) is 0 Å². The van der Waals surface area contributed by atoms with Crippen LogP contribution in [0.5, 0.6) is 0 Å². The number of amides is 4. The highest BCUT2D eigenvalue weighted by Crippen LogP contribution is 2.50. The molecule has 5 N–H and O–H groups in total. The van der Waals surface area contributed by atoms with Crippen molar-refractivity contribution in [3.63, 3.8) is 0 Å². The summed E-state index contributed by atoms with van der Waals surface area (Å²) in [6, 6.07) is 10.4. The van der Waals surface area contributed by atoms with E-state index in [0.717, 1.165) is 29.7 Å². The van der Waals surface area contributed by atoms with Crippen molar-refractivity contribution in [2.24, 2.45) is 17.6 Å². The van der Waals surface area contributed by atoms with Crippen LogP contribution >= 0.6 is 0 Å². The van der Waals surface area contributed by atoms with E-state index < -0.39 is 52.9 Å². The summed E-state index contributed by atoms with van der Waals surface area (Å²) in [7, 11) is 0. The third-order valence-electron chi connectivity index (χ3n) is 7.28. The second-order valence-corrected chi connectivity index (χ2v) is 9.30. The maximum atomic E-state index is 14.2. The number of nitrogens with one attached hydrogen (secondary N) is 1. The fourth-order valence-electron chi connectivity index (χ4n) is 5.80. The predicted molar refractivity (Wildman–Crippen MR) is 121 cm³/mol. The minimum Gasteiger partial charge on any atom is -0.369 e. The third-order valence-corrected chi connectivity index (χ3v) is 7.28. The lowest BCUT2D eigenvalue weighted by atomic mass is 9.76. The van der Waals surface area contributed by atoms with Crippen LogP contribution in [0, 0.1) is 17.7 Å². The van der Waals surface area contributed by atoms with Crippen molar-refractivity contribution in [3.05, 3.63) is 59.4 Å². The van der Waals surface area contributed by atoms with Crippen LogP contribution in [0.2, 0.25) is 0 Å². The number of carbonyl (C=O) groups is 4. The van der Waals surface area contributed by atoms with Crippen molar-refractivity contribution >= 4 is 35.0 Å². The van der Waals surface area contributed by atoms with Gasteiger partial charge in [0.25, 0.3) is 5.91 Å². The molecule has 0 radical (unpaired) electrons. The summed E-state index contributed by atoms with van der Waals surface area (Å²) in [6.45, 7) is 2.10. The highest BCUT2D eigenvalue weighted by molar-refractivity contribution is 6.25. The molecule has 3 aliphatic rings. The van der Waals surface area contributed by atoms with Gasteiger partial charge in [-0.15, -0.1) is 0 Å². The summed E-state index contributed by atoms with van der Waals surface area (Å²) in [5.74, 6) is -4.76. The number of hydrogen-bond acceptors (Lipinski definition) is 4. The first kappa shape index (κ1) is 22.2. The van der Waals surface area contributed by atoms with Crippen molar-refractivity contribution in [3.8, 4) is 0 Å². The number of carbonyl (C=O) groups excluding carboxylic acids is 4. The van der Waals surface area contributed by atoms with Crippen LogP contribution in [0.1, 0.15) is 37.3 Å². The number of rotatable bonds is 6. The summed E-state index contributed by atoms with van der Waals surface area (Å²) in [6.07, 6.45) is 2.79. The average Bonchev–Trinajstić information content (AvgIpc) is 3.37. The smallest absolute Gasteiger partial charge is 0.291 e. The number of primary amides is 1. The SMILES string of the molecule is CCCCc1ccc(N2C(=O)[C@H]3[C@H](CC(N)=O)[NH2+][C@@]4(C(=O)Nc5ccc(F)cc54)[C@H]3C2=O)cc1. The zero-order valence-corrected chi connectivity index (χ0v) is 18.7. The number of fused-ring (bicyclic) bond motifs is 4. The van der Waals surface area contributed by atoms with E-state index in [-0.39, 0.29) is 6.42 Å². The maximum absolute atomic E-state index is 14.2. The Labute approximate surface area is 195 Å². The quantitative estimate of drug-likeness (QED) is 0.549. The van der Waals surface area contributed by atoms with Gasteiger partial charge >= 0.3 is 0 Å². The molecular formula is C25H26FN4O4+. The molecule has 8 nitrogen and oxygen atoms in total. The number of quaternary nitrogens is 1. The van der Waals surface area contributed by atoms with Crippen LogP contribution in [0.3, 0.4) is 0 Å². The van der Waals surface area contributed by atoms with E-state index in [2.05, 4.69) is 12.2 Å². The number of unbranched alkanes of at least 4 members (excludes halogenated alkanes) is 1. The zero-order chi connectivity index (χ0) is 24.2. The van der Waals surface area contributed by atoms with Crippen LogP contribution in [0.15, 0.2) is 42.5 Å². The van der Waals surface area contributed by atoms with E-state index in [0.29, 0.717) is 16.9 Å². The molecule has 176 valence electrons. The van der Waals surface area contributed by atoms with Gasteiger partial charge in [0.15, 0.2) is 0 Å². The van der Waals surface area contributed by atoms with Gasteiger partial charge in [0.2, 0.25) is 23.3 Å². The Bertz CT molecular complexity index is 1210. The van der Waals surface area contributed by atoms with E-state index in [9.17, 15) is 23.6 Å². The normalized spacial score (nSPS) is 27.3. The van der Waals surface area contributed by atoms with Crippen LogP contribution in [0.4, 0.5) is 15.8 Å². The van der Waals surface area contributed by atoms with E-state index in [1.165, 1.54) is 18.2 Å². The molecule has 3 aliphatic heterocycles. The van der Waals surface area contributed by atoms with Crippen molar-refractivity contribution in [1.82, 2.24) is 0 Å². The Morgan fingerprint density at radius 2 is 1.88 bits per heavy atom. The maximum Gasteiger partial charge on any atom is 0.291 e. The zero-order valence-electron chi connectivity index (χ0n) is 18.7. The van der Waals surface area contributed by atoms with Crippen LogP contribution in [-0.2, 0) is 31.1 Å². The fourth-order valence-corrected chi connectivity index (χ4v) is 5.80. The van der Waals surface area contributed by atoms with Gasteiger partial charge in [0, 0.05) is 5.56 Å². The molecule has 0 aromatic heterocycles. The van der Waals surface area contributed by atoms with E-state index in [4.69, 9.17) is 5.73 Å². The summed E-state index contributed by atoms with van der Waals surface area (Å²) in [5.41, 5.74) is 6.10. The van der Waals surface area contributed by atoms with E-state index >= 15 is 0 Å². The third kappa shape index (κ3) is 3.14. The standard InChI is InChI=1S/C25H25FN4O4/c1-2-3-4-13-5-8-15(9-6-13)30-22(32)20-18(12-19(27)31)29-25(21(20)23(30)33)16-11-14(26)7-10-17(16)28-24(25)34/h5-11,18,20-21,29H,2-4,12H2,1H3,(H2,27,31)(H,28,34)/p+1/t18-,20-,21+,25+/m0/s1. The van der Waals surface area contributed by atoms with Crippen LogP contribution in [-0.4, -0.2) is 29.7 Å². The first-order valence-corrected chi connectivity index (χ1v) is 11.5. The molecule has 5 rings (SSSR count). The van der Waals surface area contributed by atoms with E-state index in [1.54, 1.807) is 17.4 Å². The molecule has 2 saturated heterocycles. The lowest BCUT2D eigenvalue weighted by molar-refractivity contribution is -0.732. The van der Waals surface area contributed by atoms with Gasteiger partial charge in [-0.05, 0) is 48.7 Å². The molecule has 0 saturated carbocycles. The van der Waals surface area contributed by atoms with Crippen LogP contribution in [0.25, 0.3) is 0 Å². The van der Waals surface area contributed by atoms with Crippen molar-refractivity contribution in [2.45, 2.75) is 44.2 Å². The summed E-state index contributed by atoms with van der Waals surface area (Å²) >= 11 is 0. The molecule has 4 atom stereocenters. The minimum absolute atomic E-state index is 0.191. The van der Waals surface area contributed by atoms with Gasteiger partial charge in [-0.2, -0.15) is 0 Å². The molecule has 0 unspecified atom stereocenters. The summed E-state index contributed by atoms with van der Waals surface area (Å²) in [5, 5.41) is 4.29. The number of imide groups is 1. The first-order valence-electron chi connectivity index (χ1n) is 11.5. The predicted octanol–water partition coefficient (Wildman–Crippen LogP) is 0.943. The minimum atomic E-state index is -1.55. The molecule has 34 heavy (non-hydrogen) atoms. The Morgan fingerprint density at radius 3 is 2.56 bits per heavy atom. The van der Waals surface area contributed by atoms with E-state index in [1.807, 2.05) is 12.1 Å². The van der Waals surface area contributed by atoms with Gasteiger partial charge in [0.1, 0.15) is 23.7 Å². The molecule has 3 heterocycles. The number of halogens is 1. The largest absolute Gasteiger partial charge is 0.369 e. The molecule has 2 aromatic carbocycles. The molecule has 0 aliphatic carbocycles. The van der Waals surface area contributed by atoms with Gasteiger partial charge in [-0.3, -0.25) is 19.2 Å². The highest BCUT2D eigenvalue weighted by Gasteiger charge is 2.74. The number of nitrogens with zero attached hydrogens (tertiary/aromatic N) is 1. The number of anilines is 2. The molecule has 9 heteroatoms. The second-order valence-electron chi connectivity index (χ2n) is 9.30. The Hall–Kier alpha value is -3.59. The number of benzene rings is 2. The Balaban J connectivity index is 1.59. The number of aryl methyl sites for hydroxylation is 1. The average molecular weight is 466 g/mol. The van der Waals surface area contributed by atoms with Crippen molar-refractivity contribution < 1.29 is 28.9 Å². The summed E-state index contributed by atoms with van der Waals surface area (Å²) in [4.78, 5) is 53.6.